The van der Waals surface area contributed by atoms with Crippen LogP contribution in [0, 0.1) is 0 Å². The smallest absolute Gasteiger partial charge is 0.408 e. The number of carbonyl (C=O) groups is 2. The lowest BCUT2D eigenvalue weighted by molar-refractivity contribution is -0.129. The van der Waals surface area contributed by atoms with Crippen LogP contribution in [-0.2, 0) is 16.1 Å². The van der Waals surface area contributed by atoms with E-state index in [4.69, 9.17) is 16.3 Å². The largest absolute Gasteiger partial charge is 0.444 e. The summed E-state index contributed by atoms with van der Waals surface area (Å²) in [5.41, 5.74) is 0.378. The molecule has 138 valence electrons. The molecule has 2 heterocycles. The Kier molecular flexibility index (Phi) is 5.05. The molecule has 1 N–H and O–H groups in total. The summed E-state index contributed by atoms with van der Waals surface area (Å²) < 4.78 is 5.22. The predicted octanol–water partition coefficient (Wildman–Crippen LogP) is 3.51. The van der Waals surface area contributed by atoms with Crippen molar-refractivity contribution < 1.29 is 14.3 Å². The Hall–Kier alpha value is -2.34. The first kappa shape index (κ1) is 18.5. The first-order valence-electron chi connectivity index (χ1n) is 8.54. The summed E-state index contributed by atoms with van der Waals surface area (Å²) in [5.74, 6) is -0.103. The molecule has 0 radical (unpaired) electrons. The van der Waals surface area contributed by atoms with Gasteiger partial charge in [-0.2, -0.15) is 0 Å². The van der Waals surface area contributed by atoms with Crippen LogP contribution < -0.4 is 5.32 Å². The fourth-order valence-corrected chi connectivity index (χ4v) is 3.20. The number of aromatic nitrogens is 1. The van der Waals surface area contributed by atoms with Crippen molar-refractivity contribution in [2.75, 3.05) is 6.54 Å². The zero-order valence-electron chi connectivity index (χ0n) is 15.1. The van der Waals surface area contributed by atoms with Crippen molar-refractivity contribution in [3.63, 3.8) is 0 Å². The van der Waals surface area contributed by atoms with Gasteiger partial charge in [-0.25, -0.2) is 9.78 Å². The molecule has 1 aromatic carbocycles. The van der Waals surface area contributed by atoms with Crippen molar-refractivity contribution in [1.29, 1.82) is 0 Å². The van der Waals surface area contributed by atoms with Gasteiger partial charge in [0.2, 0.25) is 5.91 Å². The third kappa shape index (κ3) is 4.25. The minimum atomic E-state index is -0.593. The molecule has 0 spiro atoms. The summed E-state index contributed by atoms with van der Waals surface area (Å²) in [6.45, 7) is 6.41. The highest BCUT2D eigenvalue weighted by Gasteiger charge is 2.33. The first-order chi connectivity index (χ1) is 12.2. The van der Waals surface area contributed by atoms with E-state index in [-0.39, 0.29) is 5.91 Å². The average Bonchev–Trinajstić information content (AvgIpc) is 2.87. The number of alkyl carbamates (subject to hydrolysis) is 1. The van der Waals surface area contributed by atoms with E-state index in [1.165, 1.54) is 0 Å². The molecule has 1 aliphatic rings. The number of likely N-dealkylation sites (tertiary alicyclic amines) is 1. The first-order valence-corrected chi connectivity index (χ1v) is 8.92. The number of pyridine rings is 1. The zero-order valence-corrected chi connectivity index (χ0v) is 15.8. The molecule has 1 atom stereocenters. The molecule has 2 amide bonds. The van der Waals surface area contributed by atoms with Gasteiger partial charge >= 0.3 is 6.09 Å². The van der Waals surface area contributed by atoms with Gasteiger partial charge in [0.15, 0.2) is 0 Å². The monoisotopic (exact) mass is 375 g/mol. The summed E-state index contributed by atoms with van der Waals surface area (Å²) >= 11 is 6.15. The van der Waals surface area contributed by atoms with E-state index in [9.17, 15) is 9.59 Å². The summed E-state index contributed by atoms with van der Waals surface area (Å²) in [6.07, 6.45) is 1.66. The number of nitrogens with zero attached hydrogens (tertiary/aromatic N) is 2. The number of hydrogen-bond acceptors (Lipinski definition) is 4. The SMILES string of the molecule is CC(C)(C)OC(=O)N[C@H]1CCN(Cc2ccc3ccnc(Cl)c3c2)C1=O. The number of fused-ring (bicyclic) bond motifs is 1. The Bertz CT molecular complexity index is 848. The van der Waals surface area contributed by atoms with Crippen molar-refractivity contribution in [1.82, 2.24) is 15.2 Å². The third-order valence-electron chi connectivity index (χ3n) is 4.14. The summed E-state index contributed by atoms with van der Waals surface area (Å²) in [5, 5.41) is 4.97. The van der Waals surface area contributed by atoms with Crippen LogP contribution in [0.2, 0.25) is 5.15 Å². The lowest BCUT2D eigenvalue weighted by atomic mass is 10.1. The van der Waals surface area contributed by atoms with Gasteiger partial charge in [-0.15, -0.1) is 0 Å². The summed E-state index contributed by atoms with van der Waals surface area (Å²) in [7, 11) is 0. The normalized spacial score (nSPS) is 17.6. The number of halogens is 1. The molecular formula is C19H22ClN3O3. The van der Waals surface area contributed by atoms with Gasteiger partial charge in [0, 0.05) is 24.7 Å². The summed E-state index contributed by atoms with van der Waals surface area (Å²) in [6, 6.07) is 7.24. The van der Waals surface area contributed by atoms with E-state index in [0.717, 1.165) is 16.3 Å². The number of hydrogen-bond donors (Lipinski definition) is 1. The molecule has 3 rings (SSSR count). The number of nitrogens with one attached hydrogen (secondary N) is 1. The second-order valence-corrected chi connectivity index (χ2v) is 7.76. The number of ether oxygens (including phenoxy) is 1. The Labute approximate surface area is 157 Å². The zero-order chi connectivity index (χ0) is 18.9. The van der Waals surface area contributed by atoms with Gasteiger partial charge in [-0.05, 0) is 50.3 Å². The van der Waals surface area contributed by atoms with Crippen molar-refractivity contribution in [2.24, 2.45) is 0 Å². The second-order valence-electron chi connectivity index (χ2n) is 7.40. The Morgan fingerprint density at radius 2 is 2.15 bits per heavy atom. The highest BCUT2D eigenvalue weighted by molar-refractivity contribution is 6.34. The van der Waals surface area contributed by atoms with Crippen LogP contribution in [0.5, 0.6) is 0 Å². The van der Waals surface area contributed by atoms with E-state index in [2.05, 4.69) is 10.3 Å². The molecular weight excluding hydrogens is 354 g/mol. The van der Waals surface area contributed by atoms with Gasteiger partial charge < -0.3 is 15.0 Å². The minimum Gasteiger partial charge on any atom is -0.444 e. The fourth-order valence-electron chi connectivity index (χ4n) is 2.98. The van der Waals surface area contributed by atoms with Crippen molar-refractivity contribution in [2.45, 2.75) is 45.4 Å². The lowest BCUT2D eigenvalue weighted by Crippen LogP contribution is -2.43. The quantitative estimate of drug-likeness (QED) is 0.833. The molecule has 0 aliphatic carbocycles. The molecule has 7 heteroatoms. The molecule has 0 bridgehead atoms. The second kappa shape index (κ2) is 7.11. The van der Waals surface area contributed by atoms with E-state index >= 15 is 0 Å². The molecule has 6 nitrogen and oxygen atoms in total. The van der Waals surface area contributed by atoms with E-state index in [1.807, 2.05) is 24.3 Å². The lowest BCUT2D eigenvalue weighted by Gasteiger charge is -2.21. The maximum absolute atomic E-state index is 12.6. The van der Waals surface area contributed by atoms with Gasteiger partial charge in [0.05, 0.1) is 0 Å². The highest BCUT2D eigenvalue weighted by Crippen LogP contribution is 2.24. The molecule has 1 saturated heterocycles. The topological polar surface area (TPSA) is 71.5 Å². The standard InChI is InChI=1S/C19H22ClN3O3/c1-19(2,3)26-18(25)22-15-7-9-23(17(15)24)11-12-4-5-13-6-8-21-16(20)14(13)10-12/h4-6,8,10,15H,7,9,11H2,1-3H3,(H,22,25)/t15-/m0/s1. The minimum absolute atomic E-state index is 0.103. The van der Waals surface area contributed by atoms with Crippen molar-refractivity contribution >= 4 is 34.4 Å². The highest BCUT2D eigenvalue weighted by atomic mass is 35.5. The Balaban J connectivity index is 1.65. The number of amides is 2. The van der Waals surface area contributed by atoms with Gasteiger partial charge in [-0.3, -0.25) is 4.79 Å². The number of carbonyl (C=O) groups excluding carboxylic acids is 2. The fraction of sp³-hybridized carbons (Fsp3) is 0.421. The molecule has 0 saturated carbocycles. The van der Waals surface area contributed by atoms with Crippen LogP contribution in [0.1, 0.15) is 32.8 Å². The molecule has 2 aromatic rings. The molecule has 1 fully saturated rings. The van der Waals surface area contributed by atoms with Crippen LogP contribution >= 0.6 is 11.6 Å². The van der Waals surface area contributed by atoms with Crippen molar-refractivity contribution in [3.05, 3.63) is 41.2 Å². The maximum atomic E-state index is 12.6. The third-order valence-corrected chi connectivity index (χ3v) is 4.44. The van der Waals surface area contributed by atoms with Crippen LogP contribution in [0.3, 0.4) is 0 Å². The average molecular weight is 376 g/mol. The van der Waals surface area contributed by atoms with Gasteiger partial charge in [0.25, 0.3) is 0 Å². The van der Waals surface area contributed by atoms with Gasteiger partial charge in [0.1, 0.15) is 16.8 Å². The Morgan fingerprint density at radius 1 is 1.38 bits per heavy atom. The van der Waals surface area contributed by atoms with Crippen LogP contribution in [0.4, 0.5) is 4.79 Å². The van der Waals surface area contributed by atoms with E-state index in [1.54, 1.807) is 31.9 Å². The van der Waals surface area contributed by atoms with E-state index in [0.29, 0.717) is 24.7 Å². The van der Waals surface area contributed by atoms with Crippen LogP contribution in [-0.4, -0.2) is 40.1 Å². The molecule has 1 aromatic heterocycles. The number of benzene rings is 1. The van der Waals surface area contributed by atoms with E-state index < -0.39 is 17.7 Å². The van der Waals surface area contributed by atoms with Crippen molar-refractivity contribution in [3.8, 4) is 0 Å². The number of rotatable bonds is 3. The van der Waals surface area contributed by atoms with Gasteiger partial charge in [-0.1, -0.05) is 23.7 Å². The maximum Gasteiger partial charge on any atom is 0.408 e. The van der Waals surface area contributed by atoms with Crippen LogP contribution in [0.25, 0.3) is 10.8 Å². The molecule has 0 unspecified atom stereocenters. The molecule has 1 aliphatic heterocycles. The molecule has 26 heavy (non-hydrogen) atoms. The predicted molar refractivity (Wildman–Crippen MR) is 99.9 cm³/mol. The summed E-state index contributed by atoms with van der Waals surface area (Å²) in [4.78, 5) is 30.3. The Morgan fingerprint density at radius 3 is 2.88 bits per heavy atom. The van der Waals surface area contributed by atoms with Crippen LogP contribution in [0.15, 0.2) is 30.5 Å².